The van der Waals surface area contributed by atoms with Crippen molar-refractivity contribution in [3.05, 3.63) is 64.5 Å². The van der Waals surface area contributed by atoms with E-state index in [0.717, 1.165) is 17.5 Å². The molecule has 152 valence electrons. The maximum atomic E-state index is 12.3. The minimum atomic E-state index is -3.86. The number of hydrogen-bond acceptors (Lipinski definition) is 8. The molecule has 29 heavy (non-hydrogen) atoms. The Morgan fingerprint density at radius 3 is 2.62 bits per heavy atom. The van der Waals surface area contributed by atoms with Crippen LogP contribution >= 0.6 is 0 Å². The van der Waals surface area contributed by atoms with E-state index in [0.29, 0.717) is 11.6 Å². The number of nitrogens with one attached hydrogen (secondary N) is 2. The molecule has 0 bridgehead atoms. The van der Waals surface area contributed by atoms with Gasteiger partial charge < -0.3 is 5.32 Å². The summed E-state index contributed by atoms with van der Waals surface area (Å²) in [5.74, 6) is 1.16. The number of anilines is 1. The smallest absolute Gasteiger partial charge is 0.270 e. The molecule has 0 fully saturated rings. The summed E-state index contributed by atoms with van der Waals surface area (Å²) in [6, 6.07) is 6.60. The molecule has 12 heteroatoms. The molecule has 0 aliphatic heterocycles. The van der Waals surface area contributed by atoms with Gasteiger partial charge in [-0.15, -0.1) is 0 Å². The number of rotatable bonds is 8. The highest BCUT2D eigenvalue weighted by Crippen LogP contribution is 2.17. The quantitative estimate of drug-likeness (QED) is 0.319. The second-order valence-electron chi connectivity index (χ2n) is 6.13. The van der Waals surface area contributed by atoms with Crippen LogP contribution in [0.5, 0.6) is 0 Å². The van der Waals surface area contributed by atoms with Gasteiger partial charge in [0.2, 0.25) is 10.0 Å². The standard InChI is InChI=1S/C17H19N7O4S/c1-12-13(2)23(11-21-12)17-9-16(19-10-20-17)18-6-7-22-29(27,28)15-5-3-4-14(8-15)24(25)26/h3-5,8-11,22H,6-7H2,1-2H3,(H,18,19,20). The zero-order chi connectivity index (χ0) is 21.0. The molecule has 0 aliphatic carbocycles. The maximum absolute atomic E-state index is 12.3. The predicted molar refractivity (Wildman–Crippen MR) is 105 cm³/mol. The average molecular weight is 417 g/mol. The van der Waals surface area contributed by atoms with Crippen LogP contribution < -0.4 is 10.0 Å². The Morgan fingerprint density at radius 2 is 1.93 bits per heavy atom. The lowest BCUT2D eigenvalue weighted by atomic mass is 10.3. The lowest BCUT2D eigenvalue weighted by Crippen LogP contribution is -2.29. The second-order valence-corrected chi connectivity index (χ2v) is 7.89. The number of benzene rings is 1. The summed E-state index contributed by atoms with van der Waals surface area (Å²) >= 11 is 0. The number of nitro groups is 1. The van der Waals surface area contributed by atoms with Crippen molar-refractivity contribution in [2.45, 2.75) is 18.7 Å². The molecule has 0 radical (unpaired) electrons. The normalized spacial score (nSPS) is 11.4. The van der Waals surface area contributed by atoms with Crippen LogP contribution in [-0.4, -0.2) is 45.9 Å². The van der Waals surface area contributed by atoms with Crippen LogP contribution in [0.2, 0.25) is 0 Å². The van der Waals surface area contributed by atoms with Crippen LogP contribution in [0.15, 0.2) is 47.9 Å². The van der Waals surface area contributed by atoms with Crippen molar-refractivity contribution in [2.24, 2.45) is 0 Å². The summed E-state index contributed by atoms with van der Waals surface area (Å²) in [5, 5.41) is 13.8. The molecule has 2 aromatic heterocycles. The Kier molecular flexibility index (Phi) is 5.84. The fourth-order valence-corrected chi connectivity index (χ4v) is 3.60. The largest absolute Gasteiger partial charge is 0.369 e. The molecular formula is C17H19N7O4S. The van der Waals surface area contributed by atoms with E-state index in [1.54, 1.807) is 12.4 Å². The van der Waals surface area contributed by atoms with Gasteiger partial charge in [-0.1, -0.05) is 6.07 Å². The van der Waals surface area contributed by atoms with E-state index < -0.39 is 14.9 Å². The number of aromatic nitrogens is 4. The average Bonchev–Trinajstić information content (AvgIpc) is 3.04. The molecule has 3 aromatic rings. The third-order valence-corrected chi connectivity index (χ3v) is 5.67. The van der Waals surface area contributed by atoms with E-state index in [1.165, 1.54) is 24.5 Å². The number of hydrogen-bond donors (Lipinski definition) is 2. The second kappa shape index (κ2) is 8.32. The molecule has 0 saturated carbocycles. The van der Waals surface area contributed by atoms with Crippen molar-refractivity contribution in [3.63, 3.8) is 0 Å². The van der Waals surface area contributed by atoms with Crippen molar-refractivity contribution >= 4 is 21.5 Å². The van der Waals surface area contributed by atoms with Crippen LogP contribution in [0.1, 0.15) is 11.4 Å². The lowest BCUT2D eigenvalue weighted by molar-refractivity contribution is -0.385. The van der Waals surface area contributed by atoms with Crippen molar-refractivity contribution in [2.75, 3.05) is 18.4 Å². The maximum Gasteiger partial charge on any atom is 0.270 e. The van der Waals surface area contributed by atoms with Gasteiger partial charge in [-0.05, 0) is 19.9 Å². The Labute approximate surface area is 167 Å². The highest BCUT2D eigenvalue weighted by molar-refractivity contribution is 7.89. The Balaban J connectivity index is 1.61. The Bertz CT molecular complexity index is 1140. The highest BCUT2D eigenvalue weighted by atomic mass is 32.2. The van der Waals surface area contributed by atoms with Gasteiger partial charge in [-0.3, -0.25) is 14.7 Å². The first kappa shape index (κ1) is 20.4. The fourth-order valence-electron chi connectivity index (χ4n) is 2.53. The Hall–Kier alpha value is -3.38. The van der Waals surface area contributed by atoms with Gasteiger partial charge in [0, 0.05) is 37.0 Å². The van der Waals surface area contributed by atoms with Crippen LogP contribution in [0.25, 0.3) is 5.82 Å². The number of aryl methyl sites for hydroxylation is 1. The number of sulfonamides is 1. The van der Waals surface area contributed by atoms with E-state index in [9.17, 15) is 18.5 Å². The monoisotopic (exact) mass is 417 g/mol. The van der Waals surface area contributed by atoms with Gasteiger partial charge in [0.05, 0.1) is 15.5 Å². The van der Waals surface area contributed by atoms with E-state index >= 15 is 0 Å². The first-order valence-corrected chi connectivity index (χ1v) is 10.1. The summed E-state index contributed by atoms with van der Waals surface area (Å²) in [4.78, 5) is 22.6. The van der Waals surface area contributed by atoms with Gasteiger partial charge in [-0.25, -0.2) is 28.1 Å². The zero-order valence-electron chi connectivity index (χ0n) is 15.7. The number of imidazole rings is 1. The molecule has 11 nitrogen and oxygen atoms in total. The van der Waals surface area contributed by atoms with Gasteiger partial charge >= 0.3 is 0 Å². The molecular weight excluding hydrogens is 398 g/mol. The van der Waals surface area contributed by atoms with Crippen LogP contribution in [-0.2, 0) is 10.0 Å². The highest BCUT2D eigenvalue weighted by Gasteiger charge is 2.17. The molecule has 1 aromatic carbocycles. The van der Waals surface area contributed by atoms with E-state index in [2.05, 4.69) is 25.0 Å². The number of non-ortho nitro benzene ring substituents is 1. The lowest BCUT2D eigenvalue weighted by Gasteiger charge is -2.10. The van der Waals surface area contributed by atoms with Crippen LogP contribution in [0, 0.1) is 24.0 Å². The van der Waals surface area contributed by atoms with Crippen LogP contribution in [0.3, 0.4) is 0 Å². The summed E-state index contributed by atoms with van der Waals surface area (Å²) in [6.45, 7) is 4.15. The summed E-state index contributed by atoms with van der Waals surface area (Å²) < 4.78 is 28.8. The molecule has 3 rings (SSSR count). The van der Waals surface area contributed by atoms with Crippen molar-refractivity contribution in [3.8, 4) is 5.82 Å². The van der Waals surface area contributed by atoms with E-state index in [-0.39, 0.29) is 23.7 Å². The third kappa shape index (κ3) is 4.73. The molecule has 2 heterocycles. The SMILES string of the molecule is Cc1ncn(-c2cc(NCCNS(=O)(=O)c3cccc([N+](=O)[O-])c3)ncn2)c1C. The van der Waals surface area contributed by atoms with E-state index in [4.69, 9.17) is 0 Å². The first-order valence-electron chi connectivity index (χ1n) is 8.59. The summed E-state index contributed by atoms with van der Waals surface area (Å²) in [7, 11) is -3.86. The van der Waals surface area contributed by atoms with E-state index in [1.807, 2.05) is 18.4 Å². The van der Waals surface area contributed by atoms with Crippen LogP contribution in [0.4, 0.5) is 11.5 Å². The predicted octanol–water partition coefficient (Wildman–Crippen LogP) is 1.58. The summed E-state index contributed by atoms with van der Waals surface area (Å²) in [6.07, 6.45) is 3.07. The molecule has 0 aliphatic rings. The number of nitrogens with zero attached hydrogens (tertiary/aromatic N) is 5. The number of nitro benzene ring substituents is 1. The topological polar surface area (TPSA) is 145 Å². The van der Waals surface area contributed by atoms with Gasteiger partial charge in [0.15, 0.2) is 0 Å². The zero-order valence-corrected chi connectivity index (χ0v) is 16.5. The summed E-state index contributed by atoms with van der Waals surface area (Å²) in [5.41, 5.74) is 1.57. The molecule has 0 atom stereocenters. The molecule has 0 amide bonds. The minimum absolute atomic E-state index is 0.0631. The first-order chi connectivity index (χ1) is 13.8. The molecule has 0 unspecified atom stereocenters. The molecule has 0 saturated heterocycles. The van der Waals surface area contributed by atoms with Gasteiger partial charge in [0.1, 0.15) is 24.3 Å². The van der Waals surface area contributed by atoms with Crippen molar-refractivity contribution < 1.29 is 13.3 Å². The van der Waals surface area contributed by atoms with Gasteiger partial charge in [-0.2, -0.15) is 0 Å². The fraction of sp³-hybridized carbons (Fsp3) is 0.235. The van der Waals surface area contributed by atoms with Gasteiger partial charge in [0.25, 0.3) is 5.69 Å². The van der Waals surface area contributed by atoms with Crippen molar-refractivity contribution in [1.82, 2.24) is 24.2 Å². The molecule has 0 spiro atoms. The molecule has 2 N–H and O–H groups in total. The Morgan fingerprint density at radius 1 is 1.14 bits per heavy atom. The third-order valence-electron chi connectivity index (χ3n) is 4.21. The van der Waals surface area contributed by atoms with Crippen molar-refractivity contribution in [1.29, 1.82) is 0 Å². The minimum Gasteiger partial charge on any atom is -0.369 e.